The highest BCUT2D eigenvalue weighted by atomic mass is 32.2. The number of aliphatic hydroxyl groups excluding tert-OH is 1. The van der Waals surface area contributed by atoms with Crippen LogP contribution < -0.4 is 4.90 Å². The van der Waals surface area contributed by atoms with Crippen LogP contribution in [0.3, 0.4) is 0 Å². The third-order valence-corrected chi connectivity index (χ3v) is 5.05. The number of fused-ring (bicyclic) bond motifs is 1. The van der Waals surface area contributed by atoms with Gasteiger partial charge in [0.25, 0.3) is 0 Å². The molecule has 1 aliphatic rings. The molecule has 1 N–H and O–H groups in total. The summed E-state index contributed by atoms with van der Waals surface area (Å²) in [5.74, 6) is 0. The molecule has 0 fully saturated rings. The summed E-state index contributed by atoms with van der Waals surface area (Å²) in [4.78, 5) is 3.59. The summed E-state index contributed by atoms with van der Waals surface area (Å²) in [6, 6.07) is 4.72. The number of hydrogen-bond acceptors (Lipinski definition) is 3. The first-order valence-electron chi connectivity index (χ1n) is 5.66. The molecule has 1 heterocycles. The van der Waals surface area contributed by atoms with Crippen molar-refractivity contribution in [3.63, 3.8) is 0 Å². The number of rotatable bonds is 1. The summed E-state index contributed by atoms with van der Waals surface area (Å²) in [7, 11) is 2.12. The van der Waals surface area contributed by atoms with Crippen molar-refractivity contribution < 1.29 is 5.11 Å². The van der Waals surface area contributed by atoms with Gasteiger partial charge in [0.15, 0.2) is 0 Å². The predicted molar refractivity (Wildman–Crippen MR) is 70.5 cm³/mol. The van der Waals surface area contributed by atoms with Gasteiger partial charge >= 0.3 is 0 Å². The molecule has 0 amide bonds. The van der Waals surface area contributed by atoms with Crippen molar-refractivity contribution in [1.82, 2.24) is 0 Å². The maximum atomic E-state index is 9.38. The molecule has 1 aliphatic heterocycles. The Hall–Kier alpha value is -0.670. The van der Waals surface area contributed by atoms with Crippen molar-refractivity contribution in [1.29, 1.82) is 0 Å². The molecule has 2 rings (SSSR count). The van der Waals surface area contributed by atoms with E-state index in [-0.39, 0.29) is 11.9 Å². The molecular weight excluding hydrogens is 218 g/mol. The van der Waals surface area contributed by atoms with Crippen LogP contribution in [0.4, 0.5) is 5.69 Å². The van der Waals surface area contributed by atoms with Gasteiger partial charge in [-0.3, -0.25) is 0 Å². The molecular formula is C13H19NOS. The predicted octanol–water partition coefficient (Wildman–Crippen LogP) is 2.59. The Morgan fingerprint density at radius 1 is 1.38 bits per heavy atom. The monoisotopic (exact) mass is 237 g/mol. The normalized spacial score (nSPS) is 24.4. The van der Waals surface area contributed by atoms with E-state index >= 15 is 0 Å². The molecule has 0 aliphatic carbocycles. The zero-order valence-electron chi connectivity index (χ0n) is 10.3. The van der Waals surface area contributed by atoms with Crippen molar-refractivity contribution in [3.8, 4) is 0 Å². The fraction of sp³-hybridized carbons (Fsp3) is 0.538. The van der Waals surface area contributed by atoms with Gasteiger partial charge in [-0.05, 0) is 38.0 Å². The van der Waals surface area contributed by atoms with E-state index in [9.17, 15) is 5.11 Å². The Bertz CT molecular complexity index is 405. The Labute approximate surface area is 102 Å². The minimum Gasteiger partial charge on any atom is -0.395 e. The van der Waals surface area contributed by atoms with Gasteiger partial charge in [0.05, 0.1) is 17.5 Å². The molecule has 0 spiro atoms. The van der Waals surface area contributed by atoms with E-state index in [0.29, 0.717) is 6.04 Å². The molecule has 2 nitrogen and oxygen atoms in total. The van der Waals surface area contributed by atoms with Gasteiger partial charge in [-0.25, -0.2) is 0 Å². The zero-order valence-corrected chi connectivity index (χ0v) is 11.1. The van der Waals surface area contributed by atoms with E-state index in [1.807, 2.05) is 0 Å². The van der Waals surface area contributed by atoms with E-state index in [1.165, 1.54) is 21.7 Å². The number of nitrogens with zero attached hydrogens (tertiary/aromatic N) is 1. The second kappa shape index (κ2) is 4.30. The first-order chi connectivity index (χ1) is 7.56. The fourth-order valence-corrected chi connectivity index (χ4v) is 3.55. The summed E-state index contributed by atoms with van der Waals surface area (Å²) in [6.45, 7) is 6.75. The largest absolute Gasteiger partial charge is 0.395 e. The molecule has 3 heteroatoms. The summed E-state index contributed by atoms with van der Waals surface area (Å²) in [5, 5.41) is 9.66. The quantitative estimate of drug-likeness (QED) is 0.812. The van der Waals surface area contributed by atoms with E-state index in [4.69, 9.17) is 0 Å². The summed E-state index contributed by atoms with van der Waals surface area (Å²) >= 11 is 1.80. The second-order valence-corrected chi connectivity index (χ2v) is 5.83. The van der Waals surface area contributed by atoms with E-state index in [0.717, 1.165) is 0 Å². The van der Waals surface area contributed by atoms with Crippen LogP contribution in [0.1, 0.15) is 18.1 Å². The van der Waals surface area contributed by atoms with Crippen LogP contribution in [0.25, 0.3) is 0 Å². The number of aryl methyl sites for hydroxylation is 1. The molecule has 16 heavy (non-hydrogen) atoms. The van der Waals surface area contributed by atoms with E-state index in [2.05, 4.69) is 44.9 Å². The highest BCUT2D eigenvalue weighted by Crippen LogP contribution is 2.43. The van der Waals surface area contributed by atoms with E-state index < -0.39 is 0 Å². The third-order valence-electron chi connectivity index (χ3n) is 3.62. The lowest BCUT2D eigenvalue weighted by Gasteiger charge is -2.39. The summed E-state index contributed by atoms with van der Waals surface area (Å²) in [6.07, 6.45) is 0. The van der Waals surface area contributed by atoms with Crippen LogP contribution >= 0.6 is 11.8 Å². The van der Waals surface area contributed by atoms with Gasteiger partial charge < -0.3 is 10.0 Å². The van der Waals surface area contributed by atoms with Crippen LogP contribution in [0.2, 0.25) is 0 Å². The Morgan fingerprint density at radius 3 is 2.69 bits per heavy atom. The van der Waals surface area contributed by atoms with Crippen molar-refractivity contribution in [3.05, 3.63) is 23.3 Å². The molecule has 0 aromatic heterocycles. The van der Waals surface area contributed by atoms with Crippen LogP contribution in [-0.4, -0.2) is 30.1 Å². The van der Waals surface area contributed by atoms with Crippen LogP contribution in [0.5, 0.6) is 0 Å². The van der Waals surface area contributed by atoms with Crippen molar-refractivity contribution in [2.75, 3.05) is 18.6 Å². The number of anilines is 1. The minimum absolute atomic E-state index is 0.239. The van der Waals surface area contributed by atoms with Gasteiger partial charge in [0.1, 0.15) is 0 Å². The molecule has 0 saturated heterocycles. The van der Waals surface area contributed by atoms with E-state index in [1.54, 1.807) is 11.8 Å². The van der Waals surface area contributed by atoms with Crippen molar-refractivity contribution in [2.24, 2.45) is 0 Å². The minimum atomic E-state index is 0.239. The third kappa shape index (κ3) is 1.72. The number of hydrogen-bond donors (Lipinski definition) is 1. The molecule has 1 aromatic rings. The SMILES string of the molecule is Cc1ccc2c(c1C)N(C)C(C)C(CO)S2. The topological polar surface area (TPSA) is 23.5 Å². The standard InChI is InChI=1S/C13H19NOS/c1-8-5-6-11-13(9(8)2)14(4)10(3)12(7-15)16-11/h5-6,10,12,15H,7H2,1-4H3. The Kier molecular flexibility index (Phi) is 3.17. The van der Waals surface area contributed by atoms with Gasteiger partial charge in [-0.1, -0.05) is 6.07 Å². The molecule has 1 aromatic carbocycles. The van der Waals surface area contributed by atoms with Crippen LogP contribution in [-0.2, 0) is 0 Å². The average molecular weight is 237 g/mol. The van der Waals surface area contributed by atoms with Gasteiger partial charge in [-0.15, -0.1) is 11.8 Å². The lowest BCUT2D eigenvalue weighted by molar-refractivity contribution is 0.282. The van der Waals surface area contributed by atoms with Crippen molar-refractivity contribution in [2.45, 2.75) is 37.0 Å². The zero-order chi connectivity index (χ0) is 11.9. The molecule has 2 atom stereocenters. The highest BCUT2D eigenvalue weighted by molar-refractivity contribution is 8.00. The summed E-state index contributed by atoms with van der Waals surface area (Å²) in [5.41, 5.74) is 4.03. The van der Waals surface area contributed by atoms with Crippen molar-refractivity contribution >= 4 is 17.4 Å². The number of aliphatic hydroxyl groups is 1. The van der Waals surface area contributed by atoms with Crippen LogP contribution in [0.15, 0.2) is 17.0 Å². The first-order valence-corrected chi connectivity index (χ1v) is 6.54. The molecule has 0 saturated carbocycles. The Balaban J connectivity index is 2.50. The lowest BCUT2D eigenvalue weighted by atomic mass is 10.1. The van der Waals surface area contributed by atoms with Gasteiger partial charge in [0, 0.05) is 18.0 Å². The number of thioether (sulfide) groups is 1. The Morgan fingerprint density at radius 2 is 2.06 bits per heavy atom. The smallest absolute Gasteiger partial charge is 0.0573 e. The molecule has 0 radical (unpaired) electrons. The lowest BCUT2D eigenvalue weighted by Crippen LogP contribution is -2.42. The van der Waals surface area contributed by atoms with Gasteiger partial charge in [-0.2, -0.15) is 0 Å². The number of benzene rings is 1. The average Bonchev–Trinajstić information content (AvgIpc) is 2.28. The summed E-state index contributed by atoms with van der Waals surface area (Å²) < 4.78 is 0. The highest BCUT2D eigenvalue weighted by Gasteiger charge is 2.30. The fourth-order valence-electron chi connectivity index (χ4n) is 2.21. The molecule has 88 valence electrons. The molecule has 0 bridgehead atoms. The van der Waals surface area contributed by atoms with Crippen LogP contribution in [0, 0.1) is 13.8 Å². The maximum absolute atomic E-state index is 9.38. The first kappa shape index (κ1) is 11.8. The second-order valence-electron chi connectivity index (χ2n) is 4.54. The maximum Gasteiger partial charge on any atom is 0.0573 e. The molecule has 2 unspecified atom stereocenters. The van der Waals surface area contributed by atoms with Gasteiger partial charge in [0.2, 0.25) is 0 Å².